The van der Waals surface area contributed by atoms with Crippen molar-refractivity contribution in [2.24, 2.45) is 17.8 Å². The molecule has 12 heavy (non-hydrogen) atoms. The first-order valence-corrected chi connectivity index (χ1v) is 5.23. The Kier molecular flexibility index (Phi) is 1.39. The van der Waals surface area contributed by atoms with Crippen LogP contribution in [0.5, 0.6) is 0 Å². The zero-order valence-electron chi connectivity index (χ0n) is 7.59. The molecule has 4 saturated carbocycles. The Morgan fingerprint density at radius 1 is 0.917 bits per heavy atom. The molecule has 0 aromatic carbocycles. The van der Waals surface area contributed by atoms with E-state index < -0.39 is 0 Å². The maximum Gasteiger partial charge on any atom is 0.0708 e. The van der Waals surface area contributed by atoms with E-state index in [-0.39, 0.29) is 5.60 Å². The second-order valence-corrected chi connectivity index (χ2v) is 5.24. The highest BCUT2D eigenvalue weighted by molar-refractivity contribution is 5.02. The summed E-state index contributed by atoms with van der Waals surface area (Å²) >= 11 is 0. The van der Waals surface area contributed by atoms with Gasteiger partial charge in [0.05, 0.1) is 12.7 Å². The molecular formula is C11H17O. The van der Waals surface area contributed by atoms with E-state index in [1.807, 2.05) is 0 Å². The van der Waals surface area contributed by atoms with Crippen LogP contribution >= 0.6 is 0 Å². The van der Waals surface area contributed by atoms with Crippen LogP contribution in [0, 0.1) is 24.9 Å². The molecule has 0 heterocycles. The molecule has 0 N–H and O–H groups in total. The van der Waals surface area contributed by atoms with E-state index in [9.17, 15) is 0 Å². The molecule has 0 aromatic rings. The molecule has 0 atom stereocenters. The van der Waals surface area contributed by atoms with Gasteiger partial charge in [0.25, 0.3) is 0 Å². The van der Waals surface area contributed by atoms with Crippen molar-refractivity contribution < 1.29 is 4.74 Å². The molecular weight excluding hydrogens is 148 g/mol. The van der Waals surface area contributed by atoms with Crippen molar-refractivity contribution in [1.29, 1.82) is 0 Å². The van der Waals surface area contributed by atoms with E-state index in [1.54, 1.807) is 0 Å². The van der Waals surface area contributed by atoms with Crippen LogP contribution in [0.25, 0.3) is 0 Å². The summed E-state index contributed by atoms with van der Waals surface area (Å²) in [5, 5.41) is 0. The summed E-state index contributed by atoms with van der Waals surface area (Å²) in [7, 11) is 3.68. The molecule has 4 fully saturated rings. The highest BCUT2D eigenvalue weighted by Crippen LogP contribution is 2.56. The molecule has 0 unspecified atom stereocenters. The van der Waals surface area contributed by atoms with Gasteiger partial charge in [-0.15, -0.1) is 0 Å². The Balaban J connectivity index is 1.90. The van der Waals surface area contributed by atoms with E-state index in [0.29, 0.717) is 0 Å². The monoisotopic (exact) mass is 165 g/mol. The quantitative estimate of drug-likeness (QED) is 0.580. The average Bonchev–Trinajstić information content (AvgIpc) is 2.02. The topological polar surface area (TPSA) is 9.23 Å². The van der Waals surface area contributed by atoms with Gasteiger partial charge in [0.2, 0.25) is 0 Å². The molecule has 1 radical (unpaired) electrons. The normalized spacial score (nSPS) is 56.2. The highest BCUT2D eigenvalue weighted by Gasteiger charge is 2.51. The Bertz CT molecular complexity index is 162. The van der Waals surface area contributed by atoms with Gasteiger partial charge in [-0.05, 0) is 56.3 Å². The second kappa shape index (κ2) is 2.25. The molecule has 1 heteroatoms. The Hall–Kier alpha value is -0.0400. The van der Waals surface area contributed by atoms with Gasteiger partial charge in [-0.25, -0.2) is 0 Å². The van der Waals surface area contributed by atoms with Crippen molar-refractivity contribution in [2.45, 2.75) is 44.1 Å². The Morgan fingerprint density at radius 2 is 1.33 bits per heavy atom. The van der Waals surface area contributed by atoms with Gasteiger partial charge in [0.15, 0.2) is 0 Å². The lowest BCUT2D eigenvalue weighted by Crippen LogP contribution is -2.51. The van der Waals surface area contributed by atoms with Crippen molar-refractivity contribution >= 4 is 0 Å². The molecule has 67 valence electrons. The lowest BCUT2D eigenvalue weighted by molar-refractivity contribution is -0.132. The summed E-state index contributed by atoms with van der Waals surface area (Å²) in [6.45, 7) is 0. The maximum atomic E-state index is 5.50. The van der Waals surface area contributed by atoms with Gasteiger partial charge in [-0.3, -0.25) is 0 Å². The van der Waals surface area contributed by atoms with Crippen LogP contribution in [0.4, 0.5) is 0 Å². The lowest BCUT2D eigenvalue weighted by atomic mass is 9.54. The van der Waals surface area contributed by atoms with Crippen LogP contribution in [-0.2, 0) is 4.74 Å². The molecule has 1 nitrogen and oxygen atoms in total. The van der Waals surface area contributed by atoms with Crippen molar-refractivity contribution in [1.82, 2.24) is 0 Å². The molecule has 4 rings (SSSR count). The molecule has 0 amide bonds. The van der Waals surface area contributed by atoms with E-state index >= 15 is 0 Å². The van der Waals surface area contributed by atoms with Crippen LogP contribution < -0.4 is 0 Å². The number of hydrogen-bond donors (Lipinski definition) is 0. The highest BCUT2D eigenvalue weighted by atomic mass is 16.5. The molecule has 4 bridgehead atoms. The smallest absolute Gasteiger partial charge is 0.0708 e. The van der Waals surface area contributed by atoms with Crippen molar-refractivity contribution in [2.75, 3.05) is 0 Å². The van der Waals surface area contributed by atoms with E-state index in [1.165, 1.54) is 38.5 Å². The van der Waals surface area contributed by atoms with Crippen molar-refractivity contribution in [3.63, 3.8) is 0 Å². The van der Waals surface area contributed by atoms with Crippen LogP contribution in [0.2, 0.25) is 0 Å². The number of hydrogen-bond acceptors (Lipinski definition) is 1. The van der Waals surface area contributed by atoms with Gasteiger partial charge in [-0.2, -0.15) is 0 Å². The van der Waals surface area contributed by atoms with Gasteiger partial charge in [0, 0.05) is 0 Å². The predicted octanol–water partition coefficient (Wildman–Crippen LogP) is 2.76. The van der Waals surface area contributed by atoms with E-state index in [0.717, 1.165) is 17.8 Å². The first kappa shape index (κ1) is 7.37. The first-order chi connectivity index (χ1) is 5.80. The minimum absolute atomic E-state index is 0.231. The predicted molar refractivity (Wildman–Crippen MR) is 47.3 cm³/mol. The maximum absolute atomic E-state index is 5.50. The van der Waals surface area contributed by atoms with Gasteiger partial charge in [-0.1, -0.05) is 0 Å². The molecule has 4 aliphatic rings. The van der Waals surface area contributed by atoms with Crippen molar-refractivity contribution in [3.8, 4) is 0 Å². The van der Waals surface area contributed by atoms with E-state index in [2.05, 4.69) is 7.11 Å². The van der Waals surface area contributed by atoms with Crippen LogP contribution in [0.3, 0.4) is 0 Å². The van der Waals surface area contributed by atoms with Crippen LogP contribution in [0.15, 0.2) is 0 Å². The van der Waals surface area contributed by atoms with Crippen molar-refractivity contribution in [3.05, 3.63) is 7.11 Å². The summed E-state index contributed by atoms with van der Waals surface area (Å²) in [5.74, 6) is 2.95. The zero-order valence-corrected chi connectivity index (χ0v) is 7.59. The molecule has 0 aliphatic heterocycles. The summed E-state index contributed by atoms with van der Waals surface area (Å²) in [6, 6.07) is 0. The second-order valence-electron chi connectivity index (χ2n) is 5.24. The minimum atomic E-state index is 0.231. The van der Waals surface area contributed by atoms with Crippen LogP contribution in [0.1, 0.15) is 38.5 Å². The lowest BCUT2D eigenvalue weighted by Gasteiger charge is -2.55. The molecule has 4 aliphatic carbocycles. The molecule has 0 spiro atoms. The van der Waals surface area contributed by atoms with Gasteiger partial charge < -0.3 is 4.74 Å². The minimum Gasteiger partial charge on any atom is -0.373 e. The van der Waals surface area contributed by atoms with Crippen LogP contribution in [-0.4, -0.2) is 5.60 Å². The summed E-state index contributed by atoms with van der Waals surface area (Å²) in [6.07, 6.45) is 8.39. The average molecular weight is 165 g/mol. The summed E-state index contributed by atoms with van der Waals surface area (Å²) in [4.78, 5) is 0. The zero-order chi connectivity index (χ0) is 8.18. The SMILES string of the molecule is [CH2]OC12CC3CC(CC(C3)C1)C2. The molecule has 0 saturated heterocycles. The van der Waals surface area contributed by atoms with Gasteiger partial charge in [0.1, 0.15) is 0 Å². The molecule has 0 aromatic heterocycles. The Labute approximate surface area is 74.5 Å². The Morgan fingerprint density at radius 3 is 1.67 bits per heavy atom. The largest absolute Gasteiger partial charge is 0.373 e. The third kappa shape index (κ3) is 0.891. The summed E-state index contributed by atoms with van der Waals surface area (Å²) < 4.78 is 5.50. The third-order valence-electron chi connectivity index (χ3n) is 4.29. The standard InChI is InChI=1S/C11H17O/c1-12-11-5-8-2-9(6-11)4-10(3-8)7-11/h8-10H,1-7H2. The van der Waals surface area contributed by atoms with E-state index in [4.69, 9.17) is 4.74 Å². The number of rotatable bonds is 1. The fourth-order valence-electron chi connectivity index (χ4n) is 4.21. The summed E-state index contributed by atoms with van der Waals surface area (Å²) in [5.41, 5.74) is 0.231. The fourth-order valence-corrected chi connectivity index (χ4v) is 4.21. The fraction of sp³-hybridized carbons (Fsp3) is 0.909. The first-order valence-electron chi connectivity index (χ1n) is 5.23. The number of ether oxygens (including phenoxy) is 1. The van der Waals surface area contributed by atoms with Gasteiger partial charge >= 0.3 is 0 Å². The third-order valence-corrected chi connectivity index (χ3v) is 4.29.